The zero-order valence-corrected chi connectivity index (χ0v) is 17.6. The second-order valence-corrected chi connectivity index (χ2v) is 8.79. The average Bonchev–Trinajstić information content (AvgIpc) is 3.62. The lowest BCUT2D eigenvalue weighted by atomic mass is 9.79. The third-order valence-electron chi connectivity index (χ3n) is 6.76. The molecule has 0 radical (unpaired) electrons. The molecule has 0 heterocycles. The maximum Gasteiger partial charge on any atom is 0.126 e. The predicted octanol–water partition coefficient (Wildman–Crippen LogP) is 6.59. The largest absolute Gasteiger partial charge is 0.497 e. The highest BCUT2D eigenvalue weighted by Crippen LogP contribution is 2.45. The van der Waals surface area contributed by atoms with Crippen molar-refractivity contribution in [3.05, 3.63) is 59.4 Å². The van der Waals surface area contributed by atoms with Gasteiger partial charge in [-0.1, -0.05) is 12.1 Å². The molecule has 2 aromatic carbocycles. The number of ether oxygens (including phenoxy) is 2. The van der Waals surface area contributed by atoms with Crippen LogP contribution in [0.4, 0.5) is 4.39 Å². The van der Waals surface area contributed by atoms with Crippen LogP contribution in [0.15, 0.2) is 42.5 Å². The van der Waals surface area contributed by atoms with Crippen molar-refractivity contribution >= 4 is 0 Å². The Morgan fingerprint density at radius 2 is 1.83 bits per heavy atom. The van der Waals surface area contributed by atoms with E-state index < -0.39 is 0 Å². The molecule has 0 aliphatic heterocycles. The Bertz CT molecular complexity index is 894. The van der Waals surface area contributed by atoms with Gasteiger partial charge >= 0.3 is 0 Å². The molecular formula is C26H30FNO2. The molecule has 2 fully saturated rings. The van der Waals surface area contributed by atoms with E-state index in [2.05, 4.69) is 18.2 Å². The minimum absolute atomic E-state index is 0.130. The molecule has 2 aliphatic carbocycles. The van der Waals surface area contributed by atoms with Crippen LogP contribution in [0.3, 0.4) is 0 Å². The van der Waals surface area contributed by atoms with Crippen LogP contribution in [0.2, 0.25) is 0 Å². The summed E-state index contributed by atoms with van der Waals surface area (Å²) in [5.41, 5.74) is 2.01. The number of rotatable bonds is 8. The summed E-state index contributed by atoms with van der Waals surface area (Å²) in [5.74, 6) is 3.24. The zero-order chi connectivity index (χ0) is 20.9. The Kier molecular flexibility index (Phi) is 6.57. The molecule has 4 heteroatoms. The molecule has 3 nitrogen and oxygen atoms in total. The van der Waals surface area contributed by atoms with Crippen molar-refractivity contribution in [3.63, 3.8) is 0 Å². The van der Waals surface area contributed by atoms with E-state index in [9.17, 15) is 4.39 Å². The highest BCUT2D eigenvalue weighted by molar-refractivity contribution is 5.33. The van der Waals surface area contributed by atoms with Crippen LogP contribution in [0.5, 0.6) is 11.5 Å². The fourth-order valence-corrected chi connectivity index (χ4v) is 4.80. The van der Waals surface area contributed by atoms with Gasteiger partial charge < -0.3 is 9.47 Å². The maximum absolute atomic E-state index is 14.3. The van der Waals surface area contributed by atoms with Gasteiger partial charge in [-0.25, -0.2) is 4.39 Å². The summed E-state index contributed by atoms with van der Waals surface area (Å²) in [6, 6.07) is 15.7. The molecule has 158 valence electrons. The third-order valence-corrected chi connectivity index (χ3v) is 6.76. The molecule has 2 aromatic rings. The second-order valence-electron chi connectivity index (χ2n) is 8.79. The number of halogens is 1. The molecule has 4 rings (SSSR count). The van der Waals surface area contributed by atoms with Crippen LogP contribution in [-0.4, -0.2) is 13.7 Å². The lowest BCUT2D eigenvalue weighted by Gasteiger charge is -2.29. The summed E-state index contributed by atoms with van der Waals surface area (Å²) in [5, 5.41) is 9.16. The SMILES string of the molecule is COc1ccc(F)c([C@H]2CC[C@H](COc3cccc([C@@H](CC#N)C4CC4)c3)CC2)c1. The first kappa shape index (κ1) is 20.7. The fraction of sp³-hybridized carbons (Fsp3) is 0.500. The normalized spacial score (nSPS) is 22.2. The van der Waals surface area contributed by atoms with Gasteiger partial charge in [0.1, 0.15) is 17.3 Å². The fourth-order valence-electron chi connectivity index (χ4n) is 4.80. The topological polar surface area (TPSA) is 42.2 Å². The van der Waals surface area contributed by atoms with Crippen molar-refractivity contribution in [1.82, 2.24) is 0 Å². The highest BCUT2D eigenvalue weighted by atomic mass is 19.1. The lowest BCUT2D eigenvalue weighted by Crippen LogP contribution is -2.20. The van der Waals surface area contributed by atoms with Crippen molar-refractivity contribution in [2.45, 2.75) is 56.8 Å². The number of hydrogen-bond donors (Lipinski definition) is 0. The third kappa shape index (κ3) is 4.95. The number of hydrogen-bond acceptors (Lipinski definition) is 3. The number of nitrogens with zero attached hydrogens (tertiary/aromatic N) is 1. The van der Waals surface area contributed by atoms with Gasteiger partial charge in [0.25, 0.3) is 0 Å². The number of nitriles is 1. The van der Waals surface area contributed by atoms with E-state index in [1.165, 1.54) is 24.5 Å². The van der Waals surface area contributed by atoms with Crippen molar-refractivity contribution in [3.8, 4) is 17.6 Å². The van der Waals surface area contributed by atoms with E-state index in [0.717, 1.165) is 42.7 Å². The Morgan fingerprint density at radius 1 is 1.03 bits per heavy atom. The first-order valence-corrected chi connectivity index (χ1v) is 11.1. The van der Waals surface area contributed by atoms with Crippen LogP contribution in [0.25, 0.3) is 0 Å². The molecule has 0 bridgehead atoms. The zero-order valence-electron chi connectivity index (χ0n) is 17.6. The first-order chi connectivity index (χ1) is 14.7. The summed E-state index contributed by atoms with van der Waals surface area (Å²) in [6.07, 6.45) is 7.08. The molecule has 0 spiro atoms. The van der Waals surface area contributed by atoms with Gasteiger partial charge in [-0.2, -0.15) is 5.26 Å². The van der Waals surface area contributed by atoms with Gasteiger partial charge in [0.15, 0.2) is 0 Å². The van der Waals surface area contributed by atoms with E-state index in [-0.39, 0.29) is 11.7 Å². The lowest BCUT2D eigenvalue weighted by molar-refractivity contribution is 0.199. The van der Waals surface area contributed by atoms with E-state index in [1.54, 1.807) is 13.2 Å². The van der Waals surface area contributed by atoms with Crippen LogP contribution in [0.1, 0.15) is 67.9 Å². The predicted molar refractivity (Wildman–Crippen MR) is 115 cm³/mol. The molecule has 2 aliphatic rings. The molecule has 1 atom stereocenters. The smallest absolute Gasteiger partial charge is 0.126 e. The quantitative estimate of drug-likeness (QED) is 0.495. The Balaban J connectivity index is 1.31. The van der Waals surface area contributed by atoms with Gasteiger partial charge in [0.05, 0.1) is 19.8 Å². The van der Waals surface area contributed by atoms with Crippen molar-refractivity contribution in [2.24, 2.45) is 11.8 Å². The Hall–Kier alpha value is -2.54. The average molecular weight is 408 g/mol. The van der Waals surface area contributed by atoms with E-state index >= 15 is 0 Å². The van der Waals surface area contributed by atoms with Gasteiger partial charge in [-0.05, 0) is 104 Å². The van der Waals surface area contributed by atoms with Crippen LogP contribution >= 0.6 is 0 Å². The minimum Gasteiger partial charge on any atom is -0.497 e. The standard InChI is InChI=1S/C26H30FNO2/c1-29-22-11-12-26(27)25(16-22)20-7-5-18(6-8-20)17-30-23-4-2-3-21(15-23)24(13-14-28)19-9-10-19/h2-4,11-12,15-16,18-20,24H,5-10,13,17H2,1H3/t18-,20-,24-/m0/s1. The summed E-state index contributed by atoms with van der Waals surface area (Å²) in [6.45, 7) is 0.698. The monoisotopic (exact) mass is 407 g/mol. The van der Waals surface area contributed by atoms with Crippen LogP contribution in [-0.2, 0) is 0 Å². The van der Waals surface area contributed by atoms with Crippen molar-refractivity contribution in [2.75, 3.05) is 13.7 Å². The van der Waals surface area contributed by atoms with Gasteiger partial charge in [-0.15, -0.1) is 0 Å². The summed E-state index contributed by atoms with van der Waals surface area (Å²) >= 11 is 0. The van der Waals surface area contributed by atoms with Crippen molar-refractivity contribution in [1.29, 1.82) is 5.26 Å². The van der Waals surface area contributed by atoms with Gasteiger partial charge in [-0.3, -0.25) is 0 Å². The minimum atomic E-state index is -0.130. The summed E-state index contributed by atoms with van der Waals surface area (Å²) < 4.78 is 25.7. The molecule has 30 heavy (non-hydrogen) atoms. The first-order valence-electron chi connectivity index (χ1n) is 11.1. The van der Waals surface area contributed by atoms with Crippen molar-refractivity contribution < 1.29 is 13.9 Å². The van der Waals surface area contributed by atoms with E-state index in [4.69, 9.17) is 14.7 Å². The number of methoxy groups -OCH3 is 1. The van der Waals surface area contributed by atoms with E-state index in [1.807, 2.05) is 18.2 Å². The molecule has 0 N–H and O–H groups in total. The van der Waals surface area contributed by atoms with Gasteiger partial charge in [0, 0.05) is 6.42 Å². The molecule has 0 aromatic heterocycles. The molecule has 0 amide bonds. The molecular weight excluding hydrogens is 377 g/mol. The molecule has 0 saturated heterocycles. The Labute approximate surface area is 178 Å². The summed E-state index contributed by atoms with van der Waals surface area (Å²) in [7, 11) is 1.62. The van der Waals surface area contributed by atoms with E-state index in [0.29, 0.717) is 30.8 Å². The molecule has 2 saturated carbocycles. The number of benzene rings is 2. The molecule has 0 unspecified atom stereocenters. The second kappa shape index (κ2) is 9.51. The Morgan fingerprint density at radius 3 is 2.53 bits per heavy atom. The maximum atomic E-state index is 14.3. The van der Waals surface area contributed by atoms with Crippen LogP contribution in [0, 0.1) is 29.0 Å². The highest BCUT2D eigenvalue weighted by Gasteiger charge is 2.32. The van der Waals surface area contributed by atoms with Crippen LogP contribution < -0.4 is 9.47 Å². The van der Waals surface area contributed by atoms with Gasteiger partial charge in [0.2, 0.25) is 0 Å². The summed E-state index contributed by atoms with van der Waals surface area (Å²) in [4.78, 5) is 0.